The Morgan fingerprint density at radius 3 is 2.58 bits per heavy atom. The Labute approximate surface area is 116 Å². The molecule has 110 valence electrons. The Kier molecular flexibility index (Phi) is 4.13. The molecule has 0 aromatic carbocycles. The van der Waals surface area contributed by atoms with E-state index in [-0.39, 0.29) is 17.7 Å². The number of nitrogens with two attached hydrogens (primary N) is 1. The molecule has 3 aliphatic heterocycles. The fraction of sp³-hybridized carbons (Fsp3) is 1.00. The number of hydrogen-bond acceptors (Lipinski definition) is 4. The molecule has 0 radical (unpaired) electrons. The van der Waals surface area contributed by atoms with Gasteiger partial charge in [-0.3, -0.25) is 0 Å². The second-order valence-corrected chi connectivity index (χ2v) is 6.54. The Hall–Kier alpha value is -0.160. The zero-order valence-corrected chi connectivity index (χ0v) is 12.0. The van der Waals surface area contributed by atoms with Crippen LogP contribution in [0.25, 0.3) is 0 Å². The van der Waals surface area contributed by atoms with Gasteiger partial charge in [0, 0.05) is 25.9 Å². The van der Waals surface area contributed by atoms with Crippen molar-refractivity contribution in [3.63, 3.8) is 0 Å². The summed E-state index contributed by atoms with van der Waals surface area (Å²) >= 11 is 0. The van der Waals surface area contributed by atoms with Crippen LogP contribution in [0.15, 0.2) is 0 Å². The molecule has 4 heteroatoms. The van der Waals surface area contributed by atoms with Gasteiger partial charge < -0.3 is 19.9 Å². The van der Waals surface area contributed by atoms with E-state index >= 15 is 0 Å². The molecule has 0 bridgehead atoms. The topological polar surface area (TPSA) is 53.7 Å². The zero-order valence-electron chi connectivity index (χ0n) is 12.0. The van der Waals surface area contributed by atoms with E-state index in [0.29, 0.717) is 12.0 Å². The lowest BCUT2D eigenvalue weighted by Gasteiger charge is -2.45. The van der Waals surface area contributed by atoms with Crippen molar-refractivity contribution < 1.29 is 14.2 Å². The van der Waals surface area contributed by atoms with Crippen LogP contribution < -0.4 is 5.73 Å². The molecule has 4 unspecified atom stereocenters. The van der Waals surface area contributed by atoms with Crippen LogP contribution in [0.1, 0.15) is 45.4 Å². The zero-order chi connectivity index (χ0) is 13.3. The van der Waals surface area contributed by atoms with Crippen LogP contribution in [-0.4, -0.2) is 43.7 Å². The van der Waals surface area contributed by atoms with E-state index in [1.54, 1.807) is 0 Å². The van der Waals surface area contributed by atoms with Gasteiger partial charge in [-0.15, -0.1) is 0 Å². The molecule has 19 heavy (non-hydrogen) atoms. The number of ether oxygens (including phenoxy) is 3. The Morgan fingerprint density at radius 2 is 1.89 bits per heavy atom. The van der Waals surface area contributed by atoms with E-state index in [4.69, 9.17) is 19.9 Å². The first-order chi connectivity index (χ1) is 9.19. The second kappa shape index (κ2) is 5.68. The molecule has 0 aromatic heterocycles. The van der Waals surface area contributed by atoms with Crippen LogP contribution in [0.3, 0.4) is 0 Å². The molecule has 2 N–H and O–H groups in total. The molecule has 4 atom stereocenters. The summed E-state index contributed by atoms with van der Waals surface area (Å²) in [4.78, 5) is 0. The molecule has 1 spiro atoms. The first-order valence-corrected chi connectivity index (χ1v) is 7.81. The number of hydrogen-bond donors (Lipinski definition) is 1. The molecule has 0 aliphatic carbocycles. The highest BCUT2D eigenvalue weighted by molar-refractivity contribution is 4.95. The molecule has 3 rings (SSSR count). The first kappa shape index (κ1) is 13.8. The fourth-order valence-electron chi connectivity index (χ4n) is 3.91. The predicted molar refractivity (Wildman–Crippen MR) is 73.0 cm³/mol. The van der Waals surface area contributed by atoms with Gasteiger partial charge in [0.2, 0.25) is 0 Å². The van der Waals surface area contributed by atoms with Crippen molar-refractivity contribution in [1.82, 2.24) is 0 Å². The van der Waals surface area contributed by atoms with E-state index < -0.39 is 0 Å². The van der Waals surface area contributed by atoms with Crippen molar-refractivity contribution in [3.05, 3.63) is 0 Å². The SMILES string of the molecule is CC1CCC(C(N)C2CCOC3(CCOCC3)C2)O1. The third kappa shape index (κ3) is 2.97. The minimum absolute atomic E-state index is 0.0446. The summed E-state index contributed by atoms with van der Waals surface area (Å²) in [6.45, 7) is 4.66. The van der Waals surface area contributed by atoms with Crippen molar-refractivity contribution in [2.45, 2.75) is 69.3 Å². The molecule has 3 saturated heterocycles. The molecular weight excluding hydrogens is 242 g/mol. The van der Waals surface area contributed by atoms with Gasteiger partial charge in [-0.1, -0.05) is 0 Å². The maximum Gasteiger partial charge on any atom is 0.0733 e. The van der Waals surface area contributed by atoms with E-state index in [0.717, 1.165) is 58.3 Å². The number of rotatable bonds is 2. The highest BCUT2D eigenvalue weighted by Gasteiger charge is 2.43. The van der Waals surface area contributed by atoms with Crippen LogP contribution in [0, 0.1) is 5.92 Å². The van der Waals surface area contributed by atoms with Crippen LogP contribution in [-0.2, 0) is 14.2 Å². The molecule has 0 amide bonds. The van der Waals surface area contributed by atoms with Gasteiger partial charge in [0.15, 0.2) is 0 Å². The van der Waals surface area contributed by atoms with Crippen molar-refractivity contribution in [3.8, 4) is 0 Å². The van der Waals surface area contributed by atoms with E-state index in [1.165, 1.54) is 0 Å². The normalized spacial score (nSPS) is 40.4. The maximum atomic E-state index is 6.49. The summed E-state index contributed by atoms with van der Waals surface area (Å²) in [5.41, 5.74) is 6.54. The highest BCUT2D eigenvalue weighted by Crippen LogP contribution is 2.39. The summed E-state index contributed by atoms with van der Waals surface area (Å²) in [7, 11) is 0. The molecule has 4 nitrogen and oxygen atoms in total. The van der Waals surface area contributed by atoms with Crippen molar-refractivity contribution in [1.29, 1.82) is 0 Å². The molecule has 0 saturated carbocycles. The van der Waals surface area contributed by atoms with Crippen molar-refractivity contribution >= 4 is 0 Å². The smallest absolute Gasteiger partial charge is 0.0733 e. The van der Waals surface area contributed by atoms with Crippen LogP contribution in [0.5, 0.6) is 0 Å². The van der Waals surface area contributed by atoms with Gasteiger partial charge >= 0.3 is 0 Å². The summed E-state index contributed by atoms with van der Waals surface area (Å²) in [5, 5.41) is 0. The van der Waals surface area contributed by atoms with E-state index in [2.05, 4.69) is 6.92 Å². The lowest BCUT2D eigenvalue weighted by molar-refractivity contribution is -0.153. The van der Waals surface area contributed by atoms with Gasteiger partial charge in [0.1, 0.15) is 0 Å². The Balaban J connectivity index is 1.61. The minimum atomic E-state index is 0.0446. The average Bonchev–Trinajstić information content (AvgIpc) is 2.85. The Morgan fingerprint density at radius 1 is 1.11 bits per heavy atom. The summed E-state index contributed by atoms with van der Waals surface area (Å²) in [6.07, 6.45) is 7.14. The second-order valence-electron chi connectivity index (χ2n) is 6.54. The van der Waals surface area contributed by atoms with Crippen molar-refractivity contribution in [2.75, 3.05) is 19.8 Å². The highest BCUT2D eigenvalue weighted by atomic mass is 16.5. The third-order valence-corrected chi connectivity index (χ3v) is 5.17. The lowest BCUT2D eigenvalue weighted by atomic mass is 9.76. The quantitative estimate of drug-likeness (QED) is 0.831. The van der Waals surface area contributed by atoms with Crippen molar-refractivity contribution in [2.24, 2.45) is 11.7 Å². The summed E-state index contributed by atoms with van der Waals surface area (Å²) < 4.78 is 17.5. The minimum Gasteiger partial charge on any atom is -0.381 e. The Bertz CT molecular complexity index is 298. The molecule has 3 fully saturated rings. The fourth-order valence-corrected chi connectivity index (χ4v) is 3.91. The van der Waals surface area contributed by atoms with Gasteiger partial charge in [-0.25, -0.2) is 0 Å². The van der Waals surface area contributed by atoms with Crippen LogP contribution in [0.2, 0.25) is 0 Å². The average molecular weight is 269 g/mol. The summed E-state index contributed by atoms with van der Waals surface area (Å²) in [5.74, 6) is 0.544. The lowest BCUT2D eigenvalue weighted by Crippen LogP contribution is -2.51. The molecule has 3 aliphatic rings. The van der Waals surface area contributed by atoms with Gasteiger partial charge in [0.25, 0.3) is 0 Å². The summed E-state index contributed by atoms with van der Waals surface area (Å²) in [6, 6.07) is 0.175. The van der Waals surface area contributed by atoms with Crippen LogP contribution >= 0.6 is 0 Å². The van der Waals surface area contributed by atoms with Crippen LogP contribution in [0.4, 0.5) is 0 Å². The van der Waals surface area contributed by atoms with E-state index in [1.807, 2.05) is 0 Å². The molecule has 0 aromatic rings. The molecular formula is C15H27NO3. The maximum absolute atomic E-state index is 6.49. The monoisotopic (exact) mass is 269 g/mol. The van der Waals surface area contributed by atoms with Gasteiger partial charge in [-0.05, 0) is 51.4 Å². The third-order valence-electron chi connectivity index (χ3n) is 5.17. The predicted octanol–water partition coefficient (Wildman–Crippen LogP) is 1.86. The van der Waals surface area contributed by atoms with Gasteiger partial charge in [0.05, 0.1) is 17.8 Å². The standard InChI is InChI=1S/C15H27NO3/c1-11-2-3-13(19-11)14(16)12-4-7-18-15(10-12)5-8-17-9-6-15/h11-14H,2-10,16H2,1H3. The first-order valence-electron chi connectivity index (χ1n) is 7.81. The van der Waals surface area contributed by atoms with E-state index in [9.17, 15) is 0 Å². The largest absolute Gasteiger partial charge is 0.381 e. The van der Waals surface area contributed by atoms with Gasteiger partial charge in [-0.2, -0.15) is 0 Å². The molecule has 3 heterocycles.